The van der Waals surface area contributed by atoms with Gasteiger partial charge in [0, 0.05) is 14.2 Å². The van der Waals surface area contributed by atoms with Crippen LogP contribution in [0, 0.1) is 0 Å². The fourth-order valence-corrected chi connectivity index (χ4v) is 0. The molecule has 2 heteroatoms. The van der Waals surface area contributed by atoms with Crippen LogP contribution in [0.25, 0.3) is 0 Å². The normalized spacial score (nSPS) is 5.14. The van der Waals surface area contributed by atoms with Gasteiger partial charge in [0.2, 0.25) is 0 Å². The zero-order valence-corrected chi connectivity index (χ0v) is 5.63. The Bertz CT molecular complexity index is 10.0. The number of rotatable bonds is 0. The summed E-state index contributed by atoms with van der Waals surface area (Å²) in [6.45, 7) is 0. The van der Waals surface area contributed by atoms with Crippen LogP contribution in [-0.4, -0.2) is 26.7 Å². The van der Waals surface area contributed by atoms with E-state index in [0.717, 1.165) is 0 Å². The predicted molar refractivity (Wildman–Crippen MR) is 39.1 cm³/mol. The zero-order valence-electron chi connectivity index (χ0n) is 4.82. The molecule has 0 radical (unpaired) electrons. The maximum Gasteiger partial charge on any atom is 0.0351 e. The molecule has 0 rings (SSSR count). The van der Waals surface area contributed by atoms with E-state index in [-0.39, 0.29) is 7.43 Å². The molecule has 0 saturated heterocycles. The van der Waals surface area contributed by atoms with Crippen molar-refractivity contribution in [2.45, 2.75) is 7.43 Å². The Morgan fingerprint density at radius 2 is 1.14 bits per heavy atom. The van der Waals surface area contributed by atoms with E-state index in [2.05, 4.69) is 4.74 Å². The largest absolute Gasteiger partial charge is 0.388 e. The van der Waals surface area contributed by atoms with Gasteiger partial charge in [0.15, 0.2) is 0 Å². The maximum atomic E-state index is 4.25. The molecule has 0 saturated carbocycles. The second-order valence-electron chi connectivity index (χ2n) is 0.816. The van der Waals surface area contributed by atoms with Crippen LogP contribution < -0.4 is 0 Å². The Kier molecular flexibility index (Phi) is 74.6. The van der Waals surface area contributed by atoms with Crippen LogP contribution in [-0.2, 0) is 4.74 Å². The van der Waals surface area contributed by atoms with Crippen LogP contribution >= 0.6 is 11.8 Å². The molecule has 0 unspecified atom stereocenters. The van der Waals surface area contributed by atoms with Crippen molar-refractivity contribution in [2.75, 3.05) is 26.7 Å². The smallest absolute Gasteiger partial charge is 0.0351 e. The molecular weight excluding hydrogens is 108 g/mol. The van der Waals surface area contributed by atoms with Crippen molar-refractivity contribution in [3.8, 4) is 0 Å². The van der Waals surface area contributed by atoms with Crippen molar-refractivity contribution < 1.29 is 4.74 Å². The van der Waals surface area contributed by atoms with Crippen LogP contribution in [0.2, 0.25) is 0 Å². The quantitative estimate of drug-likeness (QED) is 0.487. The Hall–Kier alpha value is 0.310. The van der Waals surface area contributed by atoms with Gasteiger partial charge in [0.1, 0.15) is 0 Å². The zero-order chi connectivity index (χ0) is 5.41. The number of thioether (sulfide) groups is 1. The third kappa shape index (κ3) is 1220. The molecular formula is C5H16OS. The van der Waals surface area contributed by atoms with Gasteiger partial charge in [-0.1, -0.05) is 7.43 Å². The molecule has 0 spiro atoms. The summed E-state index contributed by atoms with van der Waals surface area (Å²) in [5, 5.41) is 0. The highest BCUT2D eigenvalue weighted by atomic mass is 32.2. The van der Waals surface area contributed by atoms with Gasteiger partial charge in [-0.3, -0.25) is 0 Å². The second-order valence-corrected chi connectivity index (χ2v) is 1.63. The summed E-state index contributed by atoms with van der Waals surface area (Å²) >= 11 is 1.75. The van der Waals surface area contributed by atoms with Gasteiger partial charge in [-0.15, -0.1) is 0 Å². The van der Waals surface area contributed by atoms with Crippen molar-refractivity contribution in [1.29, 1.82) is 0 Å². The van der Waals surface area contributed by atoms with Crippen molar-refractivity contribution >= 4 is 11.8 Å². The molecule has 0 atom stereocenters. The summed E-state index contributed by atoms with van der Waals surface area (Å²) < 4.78 is 4.25. The van der Waals surface area contributed by atoms with E-state index < -0.39 is 0 Å². The number of methoxy groups -OCH3 is 1. The van der Waals surface area contributed by atoms with E-state index in [1.807, 2.05) is 12.5 Å². The van der Waals surface area contributed by atoms with Crippen LogP contribution in [0.15, 0.2) is 0 Å². The summed E-state index contributed by atoms with van der Waals surface area (Å²) in [4.78, 5) is 0. The standard InChI is InChI=1S/C2H6O.C2H6S.CH4/c2*1-3-2;/h2*1-2H3;1H4. The molecule has 0 fully saturated rings. The highest BCUT2D eigenvalue weighted by molar-refractivity contribution is 7.97. The van der Waals surface area contributed by atoms with Crippen molar-refractivity contribution in [1.82, 2.24) is 0 Å². The number of ether oxygens (including phenoxy) is 1. The molecule has 1 nitrogen and oxygen atoms in total. The molecule has 0 aliphatic rings. The number of hydrogen-bond acceptors (Lipinski definition) is 2. The summed E-state index contributed by atoms with van der Waals surface area (Å²) in [6.07, 6.45) is 4.08. The average molecular weight is 124 g/mol. The Labute approximate surface area is 51.4 Å². The monoisotopic (exact) mass is 124 g/mol. The third-order valence-electron chi connectivity index (χ3n) is 0. The van der Waals surface area contributed by atoms with Gasteiger partial charge in [-0.2, -0.15) is 11.8 Å². The van der Waals surface area contributed by atoms with Crippen molar-refractivity contribution in [3.63, 3.8) is 0 Å². The van der Waals surface area contributed by atoms with Gasteiger partial charge < -0.3 is 4.74 Å². The SMILES string of the molecule is C.COC.CSC. The van der Waals surface area contributed by atoms with Gasteiger partial charge >= 0.3 is 0 Å². The topological polar surface area (TPSA) is 9.23 Å². The lowest BCUT2D eigenvalue weighted by Crippen LogP contribution is -1.55. The fraction of sp³-hybridized carbons (Fsp3) is 1.00. The minimum Gasteiger partial charge on any atom is -0.388 e. The van der Waals surface area contributed by atoms with E-state index in [4.69, 9.17) is 0 Å². The van der Waals surface area contributed by atoms with Crippen LogP contribution in [0.4, 0.5) is 0 Å². The van der Waals surface area contributed by atoms with Crippen LogP contribution in [0.5, 0.6) is 0 Å². The molecule has 0 aliphatic heterocycles. The van der Waals surface area contributed by atoms with Gasteiger partial charge in [-0.05, 0) is 12.5 Å². The Morgan fingerprint density at radius 1 is 1.14 bits per heavy atom. The molecule has 0 heterocycles. The predicted octanol–water partition coefficient (Wildman–Crippen LogP) is 1.88. The first-order chi connectivity index (χ1) is 2.83. The van der Waals surface area contributed by atoms with Gasteiger partial charge in [0.25, 0.3) is 0 Å². The molecule has 0 aromatic heterocycles. The molecule has 0 bridgehead atoms. The first-order valence-electron chi connectivity index (χ1n) is 1.63. The molecule has 48 valence electrons. The number of hydrogen-bond donors (Lipinski definition) is 0. The third-order valence-corrected chi connectivity index (χ3v) is 0. The Morgan fingerprint density at radius 3 is 1.14 bits per heavy atom. The summed E-state index contributed by atoms with van der Waals surface area (Å²) in [7, 11) is 3.25. The van der Waals surface area contributed by atoms with Gasteiger partial charge in [0.05, 0.1) is 0 Å². The van der Waals surface area contributed by atoms with Crippen molar-refractivity contribution in [3.05, 3.63) is 0 Å². The lowest BCUT2D eigenvalue weighted by Gasteiger charge is -1.61. The summed E-state index contributed by atoms with van der Waals surface area (Å²) in [5.41, 5.74) is 0. The Balaban J connectivity index is -0.0000000400. The minimum atomic E-state index is 0. The highest BCUT2D eigenvalue weighted by Gasteiger charge is 1.32. The second kappa shape index (κ2) is 33.3. The molecule has 0 aliphatic carbocycles. The lowest BCUT2D eigenvalue weighted by atomic mass is 11.6. The lowest BCUT2D eigenvalue weighted by molar-refractivity contribution is 0.277. The van der Waals surface area contributed by atoms with Crippen LogP contribution in [0.3, 0.4) is 0 Å². The first-order valence-corrected chi connectivity index (χ1v) is 3.27. The average Bonchev–Trinajstić information content (AvgIpc) is 1.39. The van der Waals surface area contributed by atoms with Crippen LogP contribution in [0.1, 0.15) is 7.43 Å². The van der Waals surface area contributed by atoms with Crippen molar-refractivity contribution in [2.24, 2.45) is 0 Å². The molecule has 0 N–H and O–H groups in total. The minimum absolute atomic E-state index is 0. The fourth-order valence-electron chi connectivity index (χ4n) is 0. The van der Waals surface area contributed by atoms with E-state index in [1.54, 1.807) is 26.0 Å². The van der Waals surface area contributed by atoms with E-state index in [1.165, 1.54) is 0 Å². The van der Waals surface area contributed by atoms with E-state index in [0.29, 0.717) is 0 Å². The van der Waals surface area contributed by atoms with E-state index in [9.17, 15) is 0 Å². The molecule has 7 heavy (non-hydrogen) atoms. The first kappa shape index (κ1) is 15.7. The van der Waals surface area contributed by atoms with E-state index >= 15 is 0 Å². The maximum absolute atomic E-state index is 4.25. The molecule has 0 amide bonds. The van der Waals surface area contributed by atoms with Gasteiger partial charge in [-0.25, -0.2) is 0 Å². The highest BCUT2D eigenvalue weighted by Crippen LogP contribution is 1.70. The molecule has 0 aromatic carbocycles. The molecule has 0 aromatic rings. The summed E-state index contributed by atoms with van der Waals surface area (Å²) in [5.74, 6) is 0. The summed E-state index contributed by atoms with van der Waals surface area (Å²) in [6, 6.07) is 0.